The van der Waals surface area contributed by atoms with Gasteiger partial charge < -0.3 is 15.2 Å². The summed E-state index contributed by atoms with van der Waals surface area (Å²) in [7, 11) is 0.220. The molecule has 0 saturated carbocycles. The van der Waals surface area contributed by atoms with E-state index >= 15 is 0 Å². The quantitative estimate of drug-likeness (QED) is 0.188. The van der Waals surface area contributed by atoms with Crippen molar-refractivity contribution in [2.45, 2.75) is 6.54 Å². The summed E-state index contributed by atoms with van der Waals surface area (Å²) in [5.74, 6) is -0.608. The standard InChI is InChI=1S/C31H29FN8O3S/c1-40(2)17-29(41)36-23-11-21(15-33-16-23)19-4-5-27-26(12-19)30(39-38-27)28-13-25-24(6-7-34-31(25)37-28)20-8-18(9-22(32)10-20)14-35-44(3,42)43/h4-13,15-16,35H,14,17H2,1-3H3,(H,34,37)(H,36,41)(H,38,39). The third kappa shape index (κ3) is 6.34. The maximum Gasteiger partial charge on any atom is 0.238 e. The van der Waals surface area contributed by atoms with E-state index in [1.165, 1.54) is 12.1 Å². The van der Waals surface area contributed by atoms with Crippen LogP contribution in [-0.4, -0.2) is 71.3 Å². The van der Waals surface area contributed by atoms with Crippen molar-refractivity contribution in [3.05, 3.63) is 84.6 Å². The second-order valence-corrected chi connectivity index (χ2v) is 12.7. The highest BCUT2D eigenvalue weighted by Gasteiger charge is 2.16. The molecule has 0 radical (unpaired) electrons. The minimum absolute atomic E-state index is 0.0291. The SMILES string of the molecule is CN(C)CC(=O)Nc1cncc(-c2ccc3[nH]nc(-c4cc5c(-c6cc(F)cc(CNS(C)(=O)=O)c6)ccnc5[nH]4)c3c2)c1. The van der Waals surface area contributed by atoms with Crippen molar-refractivity contribution in [1.82, 2.24) is 34.8 Å². The number of likely N-dealkylation sites (N-methyl/N-ethyl adjacent to an activating group) is 1. The summed E-state index contributed by atoms with van der Waals surface area (Å²) in [4.78, 5) is 26.2. The molecule has 1 amide bonds. The number of benzene rings is 2. The number of aromatic amines is 2. The van der Waals surface area contributed by atoms with Crippen LogP contribution in [0.25, 0.3) is 55.6 Å². The van der Waals surface area contributed by atoms with E-state index in [2.05, 4.69) is 35.2 Å². The molecular weight excluding hydrogens is 583 g/mol. The molecule has 0 spiro atoms. The van der Waals surface area contributed by atoms with Gasteiger partial charge in [0.1, 0.15) is 17.2 Å². The molecule has 4 heterocycles. The lowest BCUT2D eigenvalue weighted by atomic mass is 10.0. The lowest BCUT2D eigenvalue weighted by Gasteiger charge is -2.11. The maximum atomic E-state index is 14.6. The number of halogens is 1. The predicted octanol–water partition coefficient (Wildman–Crippen LogP) is 4.52. The van der Waals surface area contributed by atoms with Gasteiger partial charge in [0, 0.05) is 35.3 Å². The third-order valence-electron chi connectivity index (χ3n) is 6.97. The summed E-state index contributed by atoms with van der Waals surface area (Å²) < 4.78 is 40.2. The first-order valence-corrected chi connectivity index (χ1v) is 15.5. The molecule has 0 fully saturated rings. The van der Waals surface area contributed by atoms with Gasteiger partial charge in [0.25, 0.3) is 0 Å². The number of nitrogens with one attached hydrogen (secondary N) is 4. The van der Waals surface area contributed by atoms with Crippen molar-refractivity contribution in [3.63, 3.8) is 0 Å². The van der Waals surface area contributed by atoms with E-state index in [9.17, 15) is 17.6 Å². The summed E-state index contributed by atoms with van der Waals surface area (Å²) >= 11 is 0. The number of sulfonamides is 1. The molecule has 6 aromatic rings. The Morgan fingerprint density at radius 1 is 0.977 bits per heavy atom. The number of carbonyl (C=O) groups excluding carboxylic acids is 1. The number of rotatable bonds is 9. The highest BCUT2D eigenvalue weighted by Crippen LogP contribution is 2.35. The van der Waals surface area contributed by atoms with Gasteiger partial charge in [0.05, 0.1) is 35.9 Å². The summed E-state index contributed by atoms with van der Waals surface area (Å²) in [5, 5.41) is 12.1. The van der Waals surface area contributed by atoms with E-state index in [0.29, 0.717) is 33.8 Å². The molecule has 11 nitrogen and oxygen atoms in total. The molecule has 2 aromatic carbocycles. The fraction of sp³-hybridized carbons (Fsp3) is 0.161. The first-order valence-electron chi connectivity index (χ1n) is 13.6. The zero-order valence-corrected chi connectivity index (χ0v) is 25.0. The minimum Gasteiger partial charge on any atom is -0.338 e. The van der Waals surface area contributed by atoms with Gasteiger partial charge >= 0.3 is 0 Å². The second-order valence-electron chi connectivity index (χ2n) is 10.8. The van der Waals surface area contributed by atoms with E-state index in [1.807, 2.05) is 44.4 Å². The van der Waals surface area contributed by atoms with Gasteiger partial charge in [0.2, 0.25) is 15.9 Å². The Labute approximate surface area is 252 Å². The fourth-order valence-electron chi connectivity index (χ4n) is 5.08. The van der Waals surface area contributed by atoms with Gasteiger partial charge in [-0.3, -0.25) is 14.9 Å². The average molecular weight is 613 g/mol. The third-order valence-corrected chi connectivity index (χ3v) is 7.64. The molecule has 0 saturated heterocycles. The van der Waals surface area contributed by atoms with Crippen LogP contribution in [0.4, 0.5) is 10.1 Å². The Hall–Kier alpha value is -4.98. The first kappa shape index (κ1) is 29.1. The Kier molecular flexibility index (Phi) is 7.67. The summed E-state index contributed by atoms with van der Waals surface area (Å²) in [6.45, 7) is 0.231. The Morgan fingerprint density at radius 3 is 2.61 bits per heavy atom. The zero-order valence-electron chi connectivity index (χ0n) is 24.1. The average Bonchev–Trinajstić information content (AvgIpc) is 3.59. The number of anilines is 1. The van der Waals surface area contributed by atoms with Gasteiger partial charge in [-0.2, -0.15) is 5.10 Å². The predicted molar refractivity (Wildman–Crippen MR) is 169 cm³/mol. The lowest BCUT2D eigenvalue weighted by molar-refractivity contribution is -0.116. The molecule has 4 N–H and O–H groups in total. The Morgan fingerprint density at radius 2 is 1.82 bits per heavy atom. The molecule has 4 aromatic heterocycles. The van der Waals surface area contributed by atoms with Crippen LogP contribution >= 0.6 is 0 Å². The van der Waals surface area contributed by atoms with E-state index in [4.69, 9.17) is 0 Å². The number of carbonyl (C=O) groups is 1. The lowest BCUT2D eigenvalue weighted by Crippen LogP contribution is -2.27. The van der Waals surface area contributed by atoms with Crippen molar-refractivity contribution in [2.24, 2.45) is 0 Å². The number of hydrogen-bond donors (Lipinski definition) is 4. The molecule has 0 aliphatic rings. The van der Waals surface area contributed by atoms with Gasteiger partial charge in [0.15, 0.2) is 0 Å². The van der Waals surface area contributed by atoms with Crippen molar-refractivity contribution < 1.29 is 17.6 Å². The molecule has 0 unspecified atom stereocenters. The molecule has 0 aliphatic carbocycles. The Bertz CT molecular complexity index is 2140. The number of hydrogen-bond acceptors (Lipinski definition) is 7. The van der Waals surface area contributed by atoms with Crippen molar-refractivity contribution in [3.8, 4) is 33.6 Å². The van der Waals surface area contributed by atoms with Gasteiger partial charge in [-0.25, -0.2) is 22.5 Å². The molecule has 6 rings (SSSR count). The number of H-pyrrole nitrogens is 2. The van der Waals surface area contributed by atoms with Crippen molar-refractivity contribution in [2.75, 3.05) is 32.2 Å². The summed E-state index contributed by atoms with van der Waals surface area (Å²) in [6, 6.07) is 15.9. The van der Waals surface area contributed by atoms with Crippen LogP contribution in [0.5, 0.6) is 0 Å². The highest BCUT2D eigenvalue weighted by atomic mass is 32.2. The largest absolute Gasteiger partial charge is 0.338 e. The molecule has 0 bridgehead atoms. The molecule has 0 atom stereocenters. The van der Waals surface area contributed by atoms with Crippen LogP contribution in [0.2, 0.25) is 0 Å². The van der Waals surface area contributed by atoms with Crippen LogP contribution in [0.1, 0.15) is 5.56 Å². The maximum absolute atomic E-state index is 14.6. The van der Waals surface area contributed by atoms with E-state index in [1.54, 1.807) is 35.6 Å². The van der Waals surface area contributed by atoms with Gasteiger partial charge in [-0.05, 0) is 84.9 Å². The highest BCUT2D eigenvalue weighted by molar-refractivity contribution is 7.88. The van der Waals surface area contributed by atoms with Crippen molar-refractivity contribution >= 4 is 43.6 Å². The van der Waals surface area contributed by atoms with Crippen LogP contribution in [0.3, 0.4) is 0 Å². The Balaban J connectivity index is 1.36. The normalized spacial score (nSPS) is 11.9. The molecular formula is C31H29FN8O3S. The first-order chi connectivity index (χ1) is 21.0. The molecule has 13 heteroatoms. The van der Waals surface area contributed by atoms with Crippen LogP contribution < -0.4 is 10.0 Å². The molecule has 44 heavy (non-hydrogen) atoms. The van der Waals surface area contributed by atoms with E-state index in [-0.39, 0.29) is 19.0 Å². The smallest absolute Gasteiger partial charge is 0.238 e. The topological polar surface area (TPSA) is 149 Å². The van der Waals surface area contributed by atoms with Crippen molar-refractivity contribution in [1.29, 1.82) is 0 Å². The number of aromatic nitrogens is 5. The van der Waals surface area contributed by atoms with Crippen LogP contribution in [-0.2, 0) is 21.4 Å². The van der Waals surface area contributed by atoms with E-state index in [0.717, 1.165) is 39.2 Å². The number of nitrogens with zero attached hydrogens (tertiary/aromatic N) is 4. The number of amides is 1. The zero-order chi connectivity index (χ0) is 31.0. The fourth-order valence-corrected chi connectivity index (χ4v) is 5.51. The summed E-state index contributed by atoms with van der Waals surface area (Å²) in [5.41, 5.74) is 6.94. The van der Waals surface area contributed by atoms with E-state index < -0.39 is 15.8 Å². The van der Waals surface area contributed by atoms with Crippen LogP contribution in [0, 0.1) is 5.82 Å². The van der Waals surface area contributed by atoms with Gasteiger partial charge in [-0.15, -0.1) is 0 Å². The van der Waals surface area contributed by atoms with Crippen LogP contribution in [0.15, 0.2) is 73.2 Å². The minimum atomic E-state index is -3.44. The summed E-state index contributed by atoms with van der Waals surface area (Å²) in [6.07, 6.45) is 6.04. The molecule has 0 aliphatic heterocycles. The second kappa shape index (κ2) is 11.6. The number of fused-ring (bicyclic) bond motifs is 2. The molecule has 224 valence electrons. The monoisotopic (exact) mass is 612 g/mol. The number of pyridine rings is 2. The van der Waals surface area contributed by atoms with Gasteiger partial charge in [-0.1, -0.05) is 6.07 Å².